The van der Waals surface area contributed by atoms with Crippen molar-refractivity contribution in [1.82, 2.24) is 9.21 Å². The molecule has 120 valence electrons. The van der Waals surface area contributed by atoms with E-state index in [0.29, 0.717) is 13.1 Å². The molecule has 1 aromatic carbocycles. The summed E-state index contributed by atoms with van der Waals surface area (Å²) in [4.78, 5) is 14.1. The van der Waals surface area contributed by atoms with Gasteiger partial charge in [-0.3, -0.25) is 4.79 Å². The van der Waals surface area contributed by atoms with Crippen LogP contribution in [0.2, 0.25) is 0 Å². The first-order chi connectivity index (χ1) is 10.4. The predicted octanol–water partition coefficient (Wildman–Crippen LogP) is 0.277. The third kappa shape index (κ3) is 3.13. The van der Waals surface area contributed by atoms with E-state index in [4.69, 9.17) is 5.14 Å². The van der Waals surface area contributed by atoms with Gasteiger partial charge in [-0.1, -0.05) is 12.1 Å². The number of halogens is 1. The maximum absolute atomic E-state index is 13.2. The van der Waals surface area contributed by atoms with E-state index in [1.807, 2.05) is 6.07 Å². The van der Waals surface area contributed by atoms with Gasteiger partial charge in [0.2, 0.25) is 5.91 Å². The second-order valence-corrected chi connectivity index (χ2v) is 7.32. The van der Waals surface area contributed by atoms with E-state index in [-0.39, 0.29) is 36.6 Å². The van der Waals surface area contributed by atoms with Crippen molar-refractivity contribution in [2.45, 2.75) is 12.3 Å². The summed E-state index contributed by atoms with van der Waals surface area (Å²) in [6.07, 6.45) is 0.720. The average Bonchev–Trinajstić information content (AvgIpc) is 3.26. The first-order valence-electron chi connectivity index (χ1n) is 7.18. The maximum Gasteiger partial charge on any atom is 0.277 e. The first kappa shape index (κ1) is 15.4. The molecular formula is C14H18FN3O3S. The number of hydrogen-bond acceptors (Lipinski definition) is 3. The van der Waals surface area contributed by atoms with Crippen molar-refractivity contribution in [1.29, 1.82) is 0 Å². The normalized spacial score (nSPS) is 26.0. The number of nitrogens with two attached hydrogens (primary N) is 1. The highest BCUT2D eigenvalue weighted by molar-refractivity contribution is 7.86. The predicted molar refractivity (Wildman–Crippen MR) is 78.5 cm³/mol. The smallest absolute Gasteiger partial charge is 0.277 e. The Morgan fingerprint density at radius 1 is 1.23 bits per heavy atom. The summed E-state index contributed by atoms with van der Waals surface area (Å²) in [5, 5.41) is 5.08. The molecule has 2 fully saturated rings. The van der Waals surface area contributed by atoms with Gasteiger partial charge in [0.25, 0.3) is 10.2 Å². The Balaban J connectivity index is 1.58. The zero-order valence-electron chi connectivity index (χ0n) is 12.0. The van der Waals surface area contributed by atoms with Gasteiger partial charge < -0.3 is 4.90 Å². The minimum absolute atomic E-state index is 0.0170. The minimum atomic E-state index is -3.68. The van der Waals surface area contributed by atoms with Gasteiger partial charge in [-0.15, -0.1) is 0 Å². The number of piperazine rings is 1. The third-order valence-corrected chi connectivity index (χ3v) is 5.38. The van der Waals surface area contributed by atoms with Crippen LogP contribution in [0, 0.1) is 11.7 Å². The highest BCUT2D eigenvalue weighted by Gasteiger charge is 2.46. The van der Waals surface area contributed by atoms with Crippen LogP contribution >= 0.6 is 0 Å². The Kier molecular flexibility index (Phi) is 3.92. The minimum Gasteiger partial charge on any atom is -0.340 e. The van der Waals surface area contributed by atoms with Gasteiger partial charge in [-0.2, -0.15) is 12.7 Å². The molecule has 22 heavy (non-hydrogen) atoms. The van der Waals surface area contributed by atoms with Crippen molar-refractivity contribution in [3.8, 4) is 0 Å². The molecule has 0 bridgehead atoms. The molecule has 1 saturated heterocycles. The molecule has 2 atom stereocenters. The molecule has 0 unspecified atom stereocenters. The summed E-state index contributed by atoms with van der Waals surface area (Å²) in [7, 11) is -3.68. The highest BCUT2D eigenvalue weighted by atomic mass is 32.2. The highest BCUT2D eigenvalue weighted by Crippen LogP contribution is 2.48. The number of nitrogens with zero attached hydrogens (tertiary/aromatic N) is 2. The second-order valence-electron chi connectivity index (χ2n) is 5.77. The Hall–Kier alpha value is -1.51. The van der Waals surface area contributed by atoms with E-state index < -0.39 is 10.2 Å². The fourth-order valence-electron chi connectivity index (χ4n) is 2.97. The van der Waals surface area contributed by atoms with Crippen LogP contribution in [0.15, 0.2) is 24.3 Å². The molecule has 3 rings (SSSR count). The lowest BCUT2D eigenvalue weighted by Crippen LogP contribution is -2.52. The van der Waals surface area contributed by atoms with Crippen molar-refractivity contribution in [2.75, 3.05) is 26.2 Å². The van der Waals surface area contributed by atoms with Crippen LogP contribution in [-0.4, -0.2) is 49.7 Å². The molecule has 1 aliphatic heterocycles. The van der Waals surface area contributed by atoms with Crippen molar-refractivity contribution in [3.05, 3.63) is 35.6 Å². The van der Waals surface area contributed by atoms with Crippen molar-refractivity contribution >= 4 is 16.1 Å². The van der Waals surface area contributed by atoms with Gasteiger partial charge in [0.05, 0.1) is 0 Å². The van der Waals surface area contributed by atoms with Crippen LogP contribution in [0.5, 0.6) is 0 Å². The maximum atomic E-state index is 13.2. The zero-order valence-corrected chi connectivity index (χ0v) is 12.8. The van der Waals surface area contributed by atoms with Crippen LogP contribution in [0.25, 0.3) is 0 Å². The van der Waals surface area contributed by atoms with Gasteiger partial charge >= 0.3 is 0 Å². The molecule has 2 N–H and O–H groups in total. The molecule has 1 heterocycles. The van der Waals surface area contributed by atoms with E-state index in [2.05, 4.69) is 0 Å². The molecule has 1 saturated carbocycles. The number of carbonyl (C=O) groups excluding carboxylic acids is 1. The first-order valence-corrected chi connectivity index (χ1v) is 8.69. The van der Waals surface area contributed by atoms with Crippen LogP contribution < -0.4 is 5.14 Å². The standard InChI is InChI=1S/C14H18FN3O3S/c15-11-3-1-2-10(8-11)12-9-13(12)14(19)17-4-6-18(7-5-17)22(16,20)21/h1-3,8,12-13H,4-7,9H2,(H2,16,20,21)/t12-,13-/m0/s1. The fourth-order valence-corrected chi connectivity index (χ4v) is 3.64. The molecule has 6 nitrogen and oxygen atoms in total. The van der Waals surface area contributed by atoms with Gasteiger partial charge in [0.15, 0.2) is 0 Å². The summed E-state index contributed by atoms with van der Waals surface area (Å²) in [5.41, 5.74) is 0.849. The lowest BCUT2D eigenvalue weighted by atomic mass is 10.1. The fraction of sp³-hybridized carbons (Fsp3) is 0.500. The summed E-state index contributed by atoms with van der Waals surface area (Å²) in [6, 6.07) is 6.33. The Morgan fingerprint density at radius 3 is 2.50 bits per heavy atom. The van der Waals surface area contributed by atoms with Gasteiger partial charge in [0, 0.05) is 32.1 Å². The van der Waals surface area contributed by atoms with Crippen molar-refractivity contribution in [3.63, 3.8) is 0 Å². The van der Waals surface area contributed by atoms with E-state index in [1.54, 1.807) is 11.0 Å². The molecule has 0 spiro atoms. The molecule has 0 radical (unpaired) electrons. The van der Waals surface area contributed by atoms with E-state index in [0.717, 1.165) is 12.0 Å². The van der Waals surface area contributed by atoms with Gasteiger partial charge in [-0.25, -0.2) is 9.53 Å². The topological polar surface area (TPSA) is 83.7 Å². The number of hydrogen-bond donors (Lipinski definition) is 1. The van der Waals surface area contributed by atoms with Crippen molar-refractivity contribution < 1.29 is 17.6 Å². The zero-order chi connectivity index (χ0) is 15.9. The lowest BCUT2D eigenvalue weighted by molar-refractivity contribution is -0.133. The van der Waals surface area contributed by atoms with Crippen molar-refractivity contribution in [2.24, 2.45) is 11.1 Å². The monoisotopic (exact) mass is 327 g/mol. The van der Waals surface area contributed by atoms with E-state index in [9.17, 15) is 17.6 Å². The average molecular weight is 327 g/mol. The molecule has 1 amide bonds. The van der Waals surface area contributed by atoms with Crippen LogP contribution in [0.3, 0.4) is 0 Å². The Bertz CT molecular complexity index is 686. The molecule has 2 aliphatic rings. The van der Waals surface area contributed by atoms with E-state index in [1.165, 1.54) is 16.4 Å². The summed E-state index contributed by atoms with van der Waals surface area (Å²) in [6.45, 7) is 1.15. The van der Waals surface area contributed by atoms with Crippen LogP contribution in [-0.2, 0) is 15.0 Å². The summed E-state index contributed by atoms with van der Waals surface area (Å²) in [5.74, 6) is -0.331. The molecular weight excluding hydrogens is 309 g/mol. The molecule has 8 heteroatoms. The van der Waals surface area contributed by atoms with Gasteiger partial charge in [0.1, 0.15) is 5.82 Å². The number of carbonyl (C=O) groups is 1. The lowest BCUT2D eigenvalue weighted by Gasteiger charge is -2.33. The Labute approximate surface area is 128 Å². The number of amides is 1. The Morgan fingerprint density at radius 2 is 1.91 bits per heavy atom. The third-order valence-electron chi connectivity index (χ3n) is 4.29. The summed E-state index contributed by atoms with van der Waals surface area (Å²) < 4.78 is 36.9. The number of rotatable bonds is 3. The number of benzene rings is 1. The quantitative estimate of drug-likeness (QED) is 0.865. The molecule has 0 aromatic heterocycles. The van der Waals surface area contributed by atoms with Crippen LogP contribution in [0.1, 0.15) is 17.9 Å². The van der Waals surface area contributed by atoms with Crippen LogP contribution in [0.4, 0.5) is 4.39 Å². The molecule has 1 aromatic rings. The largest absolute Gasteiger partial charge is 0.340 e. The summed E-state index contributed by atoms with van der Waals surface area (Å²) >= 11 is 0. The molecule has 1 aliphatic carbocycles. The second kappa shape index (κ2) is 5.60. The van der Waals surface area contributed by atoms with E-state index >= 15 is 0 Å². The van der Waals surface area contributed by atoms with Gasteiger partial charge in [-0.05, 0) is 30.0 Å². The SMILES string of the molecule is NS(=O)(=O)N1CCN(C(=O)[C@H]2C[C@H]2c2cccc(F)c2)CC1.